The minimum atomic E-state index is -0.726. The molecule has 0 aliphatic carbocycles. The van der Waals surface area contributed by atoms with Crippen molar-refractivity contribution in [2.45, 2.75) is 18.3 Å². The summed E-state index contributed by atoms with van der Waals surface area (Å²) in [6, 6.07) is 0. The van der Waals surface area contributed by atoms with E-state index in [4.69, 9.17) is 16.7 Å². The molecule has 0 aromatic rings. The average Bonchev–Trinajstić information content (AvgIpc) is 1.88. The number of nitrogens with one attached hydrogen (secondary N) is 1. The largest absolute Gasteiger partial charge is 0.481 e. The van der Waals surface area contributed by atoms with Crippen molar-refractivity contribution in [2.75, 3.05) is 6.54 Å². The number of halogens is 1. The highest BCUT2D eigenvalue weighted by molar-refractivity contribution is 6.20. The van der Waals surface area contributed by atoms with Crippen LogP contribution in [-0.2, 0) is 4.79 Å². The molecule has 1 aliphatic heterocycles. The van der Waals surface area contributed by atoms with Gasteiger partial charge in [0, 0.05) is 6.54 Å². The lowest BCUT2D eigenvalue weighted by Crippen LogP contribution is -2.38. The van der Waals surface area contributed by atoms with E-state index in [1.54, 1.807) is 0 Å². The lowest BCUT2D eigenvalue weighted by molar-refractivity contribution is -0.142. The number of aliphatic carboxylic acids is 1. The van der Waals surface area contributed by atoms with Crippen LogP contribution in [0.3, 0.4) is 0 Å². The maximum absolute atomic E-state index is 10.4. The number of hydrogen-bond acceptors (Lipinski definition) is 2. The first-order valence-corrected chi connectivity index (χ1v) is 3.74. The fourth-order valence-electron chi connectivity index (χ4n) is 1.03. The zero-order valence-electron chi connectivity index (χ0n) is 5.51. The van der Waals surface area contributed by atoms with E-state index in [1.807, 2.05) is 0 Å². The summed E-state index contributed by atoms with van der Waals surface area (Å²) in [6.45, 7) is 0.503. The van der Waals surface area contributed by atoms with Gasteiger partial charge in [-0.1, -0.05) is 0 Å². The molecule has 0 bridgehead atoms. The van der Waals surface area contributed by atoms with Gasteiger partial charge < -0.3 is 10.4 Å². The minimum Gasteiger partial charge on any atom is -0.481 e. The quantitative estimate of drug-likeness (QED) is 0.441. The lowest BCUT2D eigenvalue weighted by Gasteiger charge is -2.22. The van der Waals surface area contributed by atoms with E-state index in [1.165, 1.54) is 0 Å². The van der Waals surface area contributed by atoms with Gasteiger partial charge in [-0.3, -0.25) is 4.79 Å². The molecule has 2 N–H and O–H groups in total. The molecule has 0 aromatic carbocycles. The summed E-state index contributed by atoms with van der Waals surface area (Å²) >= 11 is 5.68. The summed E-state index contributed by atoms with van der Waals surface area (Å²) in [7, 11) is 0. The van der Waals surface area contributed by atoms with Crippen LogP contribution in [0, 0.1) is 5.92 Å². The molecule has 0 amide bonds. The molecule has 58 valence electrons. The van der Waals surface area contributed by atoms with Gasteiger partial charge in [-0.15, -0.1) is 11.6 Å². The van der Waals surface area contributed by atoms with E-state index in [9.17, 15) is 4.79 Å². The third kappa shape index (κ3) is 1.85. The third-order valence-electron chi connectivity index (χ3n) is 1.70. The van der Waals surface area contributed by atoms with Crippen molar-refractivity contribution in [1.29, 1.82) is 0 Å². The smallest absolute Gasteiger partial charge is 0.307 e. The topological polar surface area (TPSA) is 49.3 Å². The monoisotopic (exact) mass is 163 g/mol. The fourth-order valence-corrected chi connectivity index (χ4v) is 1.25. The van der Waals surface area contributed by atoms with Gasteiger partial charge in [-0.2, -0.15) is 0 Å². The Labute approximate surface area is 64.4 Å². The van der Waals surface area contributed by atoms with Crippen molar-refractivity contribution >= 4 is 17.6 Å². The Morgan fingerprint density at radius 3 is 2.70 bits per heavy atom. The van der Waals surface area contributed by atoms with Crippen LogP contribution in [0.2, 0.25) is 0 Å². The Bertz CT molecular complexity index is 132. The van der Waals surface area contributed by atoms with Crippen molar-refractivity contribution in [3.8, 4) is 0 Å². The first kappa shape index (κ1) is 7.82. The van der Waals surface area contributed by atoms with E-state index < -0.39 is 5.97 Å². The zero-order valence-corrected chi connectivity index (χ0v) is 6.27. The molecular formula is C6H10ClNO2. The van der Waals surface area contributed by atoms with Crippen LogP contribution < -0.4 is 5.32 Å². The predicted molar refractivity (Wildman–Crippen MR) is 38.0 cm³/mol. The average molecular weight is 164 g/mol. The van der Waals surface area contributed by atoms with Crippen LogP contribution in [0.5, 0.6) is 0 Å². The first-order valence-electron chi connectivity index (χ1n) is 3.30. The fraction of sp³-hybridized carbons (Fsp3) is 0.833. The standard InChI is InChI=1S/C6H10ClNO2/c7-5-2-1-4(3-8-5)6(9)10/h4-5,8H,1-3H2,(H,9,10). The van der Waals surface area contributed by atoms with Crippen molar-refractivity contribution in [1.82, 2.24) is 5.32 Å². The second-order valence-corrected chi connectivity index (χ2v) is 3.02. The maximum Gasteiger partial charge on any atom is 0.307 e. The number of carboxylic acid groups (broad SMARTS) is 1. The number of hydrogen-bond donors (Lipinski definition) is 2. The highest BCUT2D eigenvalue weighted by atomic mass is 35.5. The molecule has 2 unspecified atom stereocenters. The molecule has 1 aliphatic rings. The first-order chi connectivity index (χ1) is 4.70. The second-order valence-electron chi connectivity index (χ2n) is 2.49. The normalized spacial score (nSPS) is 33.7. The molecule has 0 radical (unpaired) electrons. The maximum atomic E-state index is 10.4. The summed E-state index contributed by atoms with van der Waals surface area (Å²) in [5.74, 6) is -0.967. The molecule has 1 saturated heterocycles. The highest BCUT2D eigenvalue weighted by Gasteiger charge is 2.23. The number of carbonyl (C=O) groups is 1. The Morgan fingerprint density at radius 2 is 2.30 bits per heavy atom. The summed E-state index contributed by atoms with van der Waals surface area (Å²) in [5, 5.41) is 11.4. The molecule has 0 spiro atoms. The van der Waals surface area contributed by atoms with E-state index >= 15 is 0 Å². The van der Waals surface area contributed by atoms with Crippen LogP contribution in [0.4, 0.5) is 0 Å². The van der Waals surface area contributed by atoms with Gasteiger partial charge in [0.1, 0.15) is 0 Å². The van der Waals surface area contributed by atoms with E-state index in [2.05, 4.69) is 5.32 Å². The van der Waals surface area contributed by atoms with E-state index in [0.29, 0.717) is 13.0 Å². The van der Waals surface area contributed by atoms with Crippen LogP contribution in [0.15, 0.2) is 0 Å². The SMILES string of the molecule is O=C(O)C1CCC(Cl)NC1. The minimum absolute atomic E-state index is 0.0319. The molecule has 3 nitrogen and oxygen atoms in total. The number of rotatable bonds is 1. The van der Waals surface area contributed by atoms with E-state index in [0.717, 1.165) is 6.42 Å². The molecule has 0 saturated carbocycles. The second kappa shape index (κ2) is 3.21. The molecule has 1 fully saturated rings. The molecule has 1 rings (SSSR count). The van der Waals surface area contributed by atoms with Crippen molar-refractivity contribution in [3.05, 3.63) is 0 Å². The molecule has 4 heteroatoms. The highest BCUT2D eigenvalue weighted by Crippen LogP contribution is 2.15. The Morgan fingerprint density at radius 1 is 1.60 bits per heavy atom. The van der Waals surface area contributed by atoms with Gasteiger partial charge >= 0.3 is 5.97 Å². The number of piperidine rings is 1. The Hall–Kier alpha value is -0.280. The molecule has 10 heavy (non-hydrogen) atoms. The lowest BCUT2D eigenvalue weighted by atomic mass is 10.0. The van der Waals surface area contributed by atoms with Crippen LogP contribution in [-0.4, -0.2) is 23.1 Å². The van der Waals surface area contributed by atoms with Gasteiger partial charge in [0.05, 0.1) is 11.4 Å². The van der Waals surface area contributed by atoms with Gasteiger partial charge in [-0.05, 0) is 12.8 Å². The molecule has 2 atom stereocenters. The van der Waals surface area contributed by atoms with E-state index in [-0.39, 0.29) is 11.4 Å². The molecule has 1 heterocycles. The molecular weight excluding hydrogens is 154 g/mol. The van der Waals surface area contributed by atoms with Gasteiger partial charge in [0.25, 0.3) is 0 Å². The predicted octanol–water partition coefficient (Wildman–Crippen LogP) is 0.635. The third-order valence-corrected chi connectivity index (χ3v) is 2.08. The van der Waals surface area contributed by atoms with Gasteiger partial charge in [-0.25, -0.2) is 0 Å². The van der Waals surface area contributed by atoms with Crippen molar-refractivity contribution in [2.24, 2.45) is 5.92 Å². The summed E-state index contributed by atoms with van der Waals surface area (Å²) in [6.07, 6.45) is 1.44. The van der Waals surface area contributed by atoms with Gasteiger partial charge in [0.2, 0.25) is 0 Å². The van der Waals surface area contributed by atoms with Gasteiger partial charge in [0.15, 0.2) is 0 Å². The Balaban J connectivity index is 2.33. The number of carboxylic acids is 1. The van der Waals surface area contributed by atoms with Crippen LogP contribution in [0.25, 0.3) is 0 Å². The number of alkyl halides is 1. The zero-order chi connectivity index (χ0) is 7.56. The summed E-state index contributed by atoms with van der Waals surface area (Å²) in [5.41, 5.74) is -0.0319. The van der Waals surface area contributed by atoms with Crippen LogP contribution >= 0.6 is 11.6 Å². The molecule has 0 aromatic heterocycles. The summed E-state index contributed by atoms with van der Waals surface area (Å²) in [4.78, 5) is 10.4. The Kier molecular flexibility index (Phi) is 2.51. The van der Waals surface area contributed by atoms with Crippen LogP contribution in [0.1, 0.15) is 12.8 Å². The summed E-state index contributed by atoms with van der Waals surface area (Å²) < 4.78 is 0. The van der Waals surface area contributed by atoms with Crippen molar-refractivity contribution in [3.63, 3.8) is 0 Å². The van der Waals surface area contributed by atoms with Crippen molar-refractivity contribution < 1.29 is 9.90 Å².